The van der Waals surface area contributed by atoms with Crippen molar-refractivity contribution in [3.8, 4) is 0 Å². The number of H-pyrrole nitrogens is 2. The fraction of sp³-hybridized carbons (Fsp3) is 0.455. The molecule has 0 saturated heterocycles. The summed E-state index contributed by atoms with van der Waals surface area (Å²) < 4.78 is 0. The van der Waals surface area contributed by atoms with E-state index < -0.39 is 29.2 Å². The number of carbonyl (C=O) groups excluding carboxylic acids is 1. The van der Waals surface area contributed by atoms with Crippen molar-refractivity contribution in [3.05, 3.63) is 32.6 Å². The number of aliphatic carboxylic acids is 1. The lowest BCUT2D eigenvalue weighted by molar-refractivity contribution is -0.139. The van der Waals surface area contributed by atoms with E-state index in [1.807, 2.05) is 18.8 Å². The van der Waals surface area contributed by atoms with Crippen LogP contribution in [-0.4, -0.2) is 33.0 Å². The number of nitrogens with one attached hydrogen (secondary N) is 3. The van der Waals surface area contributed by atoms with E-state index in [0.29, 0.717) is 0 Å². The van der Waals surface area contributed by atoms with Crippen LogP contribution in [0.2, 0.25) is 0 Å². The van der Waals surface area contributed by atoms with Crippen molar-refractivity contribution in [1.82, 2.24) is 15.3 Å². The van der Waals surface area contributed by atoms with Gasteiger partial charge in [0.15, 0.2) is 0 Å². The molecule has 8 nitrogen and oxygen atoms in total. The Labute approximate surface area is 107 Å². The van der Waals surface area contributed by atoms with E-state index >= 15 is 0 Å². The van der Waals surface area contributed by atoms with Crippen LogP contribution in [0.25, 0.3) is 0 Å². The molecule has 4 N–H and O–H groups in total. The fourth-order valence-electron chi connectivity index (χ4n) is 1.52. The van der Waals surface area contributed by atoms with Gasteiger partial charge in [-0.05, 0) is 12.3 Å². The van der Waals surface area contributed by atoms with E-state index in [2.05, 4.69) is 10.3 Å². The fourth-order valence-corrected chi connectivity index (χ4v) is 1.52. The highest BCUT2D eigenvalue weighted by Gasteiger charge is 2.22. The molecule has 1 aromatic heterocycles. The Balaban J connectivity index is 2.90. The molecule has 19 heavy (non-hydrogen) atoms. The van der Waals surface area contributed by atoms with Crippen molar-refractivity contribution in [1.29, 1.82) is 0 Å². The van der Waals surface area contributed by atoms with E-state index in [0.717, 1.165) is 6.07 Å². The lowest BCUT2D eigenvalue weighted by Crippen LogP contribution is -2.43. The van der Waals surface area contributed by atoms with Crippen molar-refractivity contribution < 1.29 is 14.7 Å². The molecule has 0 aromatic carbocycles. The molecule has 0 aliphatic heterocycles. The maximum atomic E-state index is 11.7. The number of aromatic nitrogens is 2. The Bertz CT molecular complexity index is 558. The lowest BCUT2D eigenvalue weighted by Gasteiger charge is -2.16. The maximum Gasteiger partial charge on any atom is 0.326 e. The first-order valence-corrected chi connectivity index (χ1v) is 5.67. The van der Waals surface area contributed by atoms with Gasteiger partial charge < -0.3 is 15.4 Å². The van der Waals surface area contributed by atoms with E-state index in [1.54, 1.807) is 0 Å². The molecule has 8 heteroatoms. The summed E-state index contributed by atoms with van der Waals surface area (Å²) in [6, 6.07) is -0.180. The van der Waals surface area contributed by atoms with Gasteiger partial charge in [-0.2, -0.15) is 0 Å². The molecule has 0 unspecified atom stereocenters. The monoisotopic (exact) mass is 269 g/mol. The number of rotatable bonds is 5. The summed E-state index contributed by atoms with van der Waals surface area (Å²) in [6.07, 6.45) is 0.245. The average molecular weight is 269 g/mol. The zero-order valence-electron chi connectivity index (χ0n) is 10.5. The normalized spacial score (nSPS) is 12.2. The van der Waals surface area contributed by atoms with Crippen LogP contribution in [0.3, 0.4) is 0 Å². The zero-order valence-corrected chi connectivity index (χ0v) is 10.5. The molecule has 0 radical (unpaired) electrons. The summed E-state index contributed by atoms with van der Waals surface area (Å²) in [5.41, 5.74) is -1.83. The summed E-state index contributed by atoms with van der Waals surface area (Å²) in [6.45, 7) is 3.63. The first-order valence-electron chi connectivity index (χ1n) is 5.67. The molecule has 0 spiro atoms. The van der Waals surface area contributed by atoms with Crippen LogP contribution in [0.4, 0.5) is 0 Å². The van der Waals surface area contributed by atoms with Gasteiger partial charge in [0.1, 0.15) is 11.7 Å². The number of carboxylic acid groups (broad SMARTS) is 1. The molecule has 0 saturated carbocycles. The summed E-state index contributed by atoms with van der Waals surface area (Å²) >= 11 is 0. The van der Waals surface area contributed by atoms with Gasteiger partial charge in [0.25, 0.3) is 11.5 Å². The summed E-state index contributed by atoms with van der Waals surface area (Å²) in [4.78, 5) is 48.8. The third kappa shape index (κ3) is 4.41. The molecular weight excluding hydrogens is 254 g/mol. The van der Waals surface area contributed by atoms with Crippen molar-refractivity contribution >= 4 is 11.9 Å². The first kappa shape index (κ1) is 14.7. The minimum atomic E-state index is -1.17. The maximum absolute atomic E-state index is 11.7. The smallest absolute Gasteiger partial charge is 0.326 e. The second-order valence-corrected chi connectivity index (χ2v) is 4.50. The molecule has 0 bridgehead atoms. The summed E-state index contributed by atoms with van der Waals surface area (Å²) in [5.74, 6) is -1.91. The van der Waals surface area contributed by atoms with Crippen LogP contribution in [0.1, 0.15) is 30.8 Å². The third-order valence-electron chi connectivity index (χ3n) is 2.32. The minimum absolute atomic E-state index is 0.0691. The number of carboxylic acids is 1. The number of carbonyl (C=O) groups is 2. The molecule has 1 aromatic rings. The standard InChI is InChI=1S/C11H15N3O5/c1-5(2)3-7(10(17)18)12-9(16)6-4-8(15)14-11(19)13-6/h4-5,7H,3H2,1-2H3,(H,12,16)(H,17,18)(H2,13,14,15,19)/t7-/m1/s1. The molecule has 1 heterocycles. The minimum Gasteiger partial charge on any atom is -0.480 e. The zero-order chi connectivity index (χ0) is 14.6. The highest BCUT2D eigenvalue weighted by Crippen LogP contribution is 2.05. The van der Waals surface area contributed by atoms with Crippen LogP contribution in [-0.2, 0) is 4.79 Å². The summed E-state index contributed by atoms with van der Waals surface area (Å²) in [5, 5.41) is 11.2. The molecule has 0 aliphatic carbocycles. The highest BCUT2D eigenvalue weighted by molar-refractivity contribution is 5.94. The third-order valence-corrected chi connectivity index (χ3v) is 2.32. The second kappa shape index (κ2) is 5.98. The number of hydrogen-bond donors (Lipinski definition) is 4. The van der Waals surface area contributed by atoms with Gasteiger partial charge in [-0.1, -0.05) is 13.8 Å². The van der Waals surface area contributed by atoms with Crippen molar-refractivity contribution in [2.45, 2.75) is 26.3 Å². The molecule has 1 amide bonds. The largest absolute Gasteiger partial charge is 0.480 e. The van der Waals surface area contributed by atoms with Gasteiger partial charge in [-0.25, -0.2) is 9.59 Å². The molecule has 0 aliphatic rings. The van der Waals surface area contributed by atoms with Gasteiger partial charge in [0.2, 0.25) is 0 Å². The Hall–Kier alpha value is -2.38. The Morgan fingerprint density at radius 2 is 1.95 bits per heavy atom. The highest BCUT2D eigenvalue weighted by atomic mass is 16.4. The predicted molar refractivity (Wildman–Crippen MR) is 66.0 cm³/mol. The number of hydrogen-bond acceptors (Lipinski definition) is 4. The van der Waals surface area contributed by atoms with Gasteiger partial charge in [0, 0.05) is 6.07 Å². The van der Waals surface area contributed by atoms with Crippen LogP contribution >= 0.6 is 0 Å². The van der Waals surface area contributed by atoms with Crippen molar-refractivity contribution in [2.75, 3.05) is 0 Å². The van der Waals surface area contributed by atoms with Crippen molar-refractivity contribution in [2.24, 2.45) is 5.92 Å². The van der Waals surface area contributed by atoms with Gasteiger partial charge in [-0.15, -0.1) is 0 Å². The van der Waals surface area contributed by atoms with E-state index in [1.165, 1.54) is 0 Å². The average Bonchev–Trinajstić information content (AvgIpc) is 2.25. The van der Waals surface area contributed by atoms with Gasteiger partial charge in [0.05, 0.1) is 0 Å². The molecule has 1 atom stereocenters. The van der Waals surface area contributed by atoms with E-state index in [-0.39, 0.29) is 18.0 Å². The first-order chi connectivity index (χ1) is 8.79. The van der Waals surface area contributed by atoms with Crippen molar-refractivity contribution in [3.63, 3.8) is 0 Å². The topological polar surface area (TPSA) is 132 Å². The van der Waals surface area contributed by atoms with E-state index in [4.69, 9.17) is 5.11 Å². The van der Waals surface area contributed by atoms with Crippen LogP contribution in [0.5, 0.6) is 0 Å². The van der Waals surface area contributed by atoms with Crippen LogP contribution < -0.4 is 16.6 Å². The lowest BCUT2D eigenvalue weighted by atomic mass is 10.0. The van der Waals surface area contributed by atoms with Gasteiger partial charge >= 0.3 is 11.7 Å². The number of aromatic amines is 2. The molecule has 0 fully saturated rings. The summed E-state index contributed by atoms with van der Waals surface area (Å²) in [7, 11) is 0. The Morgan fingerprint density at radius 1 is 1.32 bits per heavy atom. The quantitative estimate of drug-likeness (QED) is 0.560. The SMILES string of the molecule is CC(C)C[C@@H](NC(=O)c1cc(=O)[nH]c(=O)[nH]1)C(=O)O. The van der Waals surface area contributed by atoms with Crippen LogP contribution in [0.15, 0.2) is 15.7 Å². The number of amides is 1. The van der Waals surface area contributed by atoms with Crippen LogP contribution in [0, 0.1) is 5.92 Å². The van der Waals surface area contributed by atoms with E-state index in [9.17, 15) is 19.2 Å². The Kier molecular flexibility index (Phi) is 4.62. The predicted octanol–water partition coefficient (Wildman–Crippen LogP) is -0.708. The van der Waals surface area contributed by atoms with Gasteiger partial charge in [-0.3, -0.25) is 14.6 Å². The molecule has 1 rings (SSSR count). The second-order valence-electron chi connectivity index (χ2n) is 4.50. The Morgan fingerprint density at radius 3 is 2.42 bits per heavy atom. The molecule has 104 valence electrons. The molecular formula is C11H15N3O5.